The molecule has 0 radical (unpaired) electrons. The van der Waals surface area contributed by atoms with Crippen LogP contribution in [0, 0.1) is 12.8 Å². The average molecular weight is 742 g/mol. The summed E-state index contributed by atoms with van der Waals surface area (Å²) in [5.74, 6) is 3.69. The van der Waals surface area contributed by atoms with E-state index in [2.05, 4.69) is 88.6 Å². The van der Waals surface area contributed by atoms with Gasteiger partial charge in [0.2, 0.25) is 0 Å². The van der Waals surface area contributed by atoms with E-state index >= 15 is 0 Å². The van der Waals surface area contributed by atoms with E-state index in [1.165, 1.54) is 54.6 Å². The molecule has 2 bridgehead atoms. The number of hydrogen-bond acceptors (Lipinski definition) is 6. The Morgan fingerprint density at radius 2 is 1.78 bits per heavy atom. The smallest absolute Gasteiger partial charge is 0.303 e. The normalized spacial score (nSPS) is 31.2. The zero-order valence-corrected chi connectivity index (χ0v) is 34.0. The van der Waals surface area contributed by atoms with E-state index in [1.54, 1.807) is 25.7 Å². The molecule has 4 aliphatic heterocycles. The van der Waals surface area contributed by atoms with E-state index in [1.807, 2.05) is 7.11 Å². The Morgan fingerprint density at radius 1 is 1.04 bits per heavy atom. The number of carboxylic acids is 1. The lowest BCUT2D eigenvalue weighted by molar-refractivity contribution is -0.137. The van der Waals surface area contributed by atoms with Gasteiger partial charge in [0.05, 0.1) is 39.1 Å². The second-order valence-corrected chi connectivity index (χ2v) is 16.7. The number of nitrogens with one attached hydrogen (secondary N) is 1. The number of methoxy groups -OCH3 is 2. The van der Waals surface area contributed by atoms with Crippen molar-refractivity contribution in [2.24, 2.45) is 5.92 Å². The second-order valence-electron chi connectivity index (χ2n) is 16.7. The van der Waals surface area contributed by atoms with Gasteiger partial charge in [-0.05, 0) is 107 Å². The van der Waals surface area contributed by atoms with Crippen molar-refractivity contribution in [3.8, 4) is 17.2 Å². The zero-order valence-electron chi connectivity index (χ0n) is 34.0. The Hall–Kier alpha value is -3.75. The third-order valence-corrected chi connectivity index (χ3v) is 13.9. The van der Waals surface area contributed by atoms with Crippen LogP contribution >= 0.6 is 0 Å². The number of nitrogens with zero attached hydrogens (tertiary/aromatic N) is 1. The van der Waals surface area contributed by atoms with Crippen molar-refractivity contribution in [1.29, 1.82) is 0 Å². The van der Waals surface area contributed by atoms with Crippen LogP contribution in [0.4, 0.5) is 5.69 Å². The molecule has 4 heterocycles. The molecular weight excluding hydrogens is 677 g/mol. The molecule has 2 aliphatic carbocycles. The van der Waals surface area contributed by atoms with Gasteiger partial charge < -0.3 is 29.7 Å². The Bertz CT molecular complexity index is 1780. The van der Waals surface area contributed by atoms with Crippen LogP contribution in [0.25, 0.3) is 0 Å². The minimum atomic E-state index is -0.773. The molecule has 6 aliphatic rings. The molecule has 2 fully saturated rings. The fourth-order valence-corrected chi connectivity index (χ4v) is 11.1. The summed E-state index contributed by atoms with van der Waals surface area (Å²) in [4.78, 5) is 10.0. The van der Waals surface area contributed by atoms with E-state index in [4.69, 9.17) is 24.4 Å². The van der Waals surface area contributed by atoms with Crippen LogP contribution in [0.5, 0.6) is 17.2 Å². The number of carbonyl (C=O) groups is 1. The largest absolute Gasteiger partial charge is 0.513 e. The third-order valence-electron chi connectivity index (χ3n) is 13.9. The maximum atomic E-state index is 10.0. The molecule has 3 N–H and O–H groups in total. The second kappa shape index (κ2) is 16.2. The molecule has 294 valence electrons. The van der Waals surface area contributed by atoms with Crippen LogP contribution in [0.3, 0.4) is 0 Å². The first-order valence-corrected chi connectivity index (χ1v) is 20.5. The summed E-state index contributed by atoms with van der Waals surface area (Å²) in [7, 11) is 5.94. The quantitative estimate of drug-likeness (QED) is 0.0966. The van der Waals surface area contributed by atoms with E-state index < -0.39 is 5.97 Å². The number of benzene rings is 2. The number of rotatable bonds is 10. The van der Waals surface area contributed by atoms with Gasteiger partial charge in [-0.25, -0.2) is 0 Å². The number of aliphatic hydroxyl groups excluding tert-OH is 1. The summed E-state index contributed by atoms with van der Waals surface area (Å²) in [6.45, 7) is 13.4. The summed E-state index contributed by atoms with van der Waals surface area (Å²) in [5.41, 5.74) is 7.91. The first-order chi connectivity index (χ1) is 25.9. The molecule has 2 saturated heterocycles. The Kier molecular flexibility index (Phi) is 11.9. The molecule has 7 unspecified atom stereocenters. The number of unbranched alkanes of at least 4 members (excludes halogenated alkanes) is 1. The number of aryl methyl sites for hydroxylation is 1. The van der Waals surface area contributed by atoms with Crippen molar-refractivity contribution in [3.05, 3.63) is 82.7 Å². The molecule has 8 nitrogen and oxygen atoms in total. The summed E-state index contributed by atoms with van der Waals surface area (Å²) < 4.78 is 18.7. The van der Waals surface area contributed by atoms with Crippen molar-refractivity contribution in [1.82, 2.24) is 9.80 Å². The number of aliphatic carboxylic acids is 1. The van der Waals surface area contributed by atoms with Gasteiger partial charge in [-0.2, -0.15) is 0 Å². The van der Waals surface area contributed by atoms with Crippen LogP contribution in [-0.4, -0.2) is 68.7 Å². The fourth-order valence-electron chi connectivity index (χ4n) is 11.1. The lowest BCUT2D eigenvalue weighted by Crippen LogP contribution is -2.54. The number of piperidine rings is 1. The number of likely N-dealkylation sites (N-methyl/N-ethyl adjacent to an activating group) is 1. The Morgan fingerprint density at radius 3 is 2.48 bits per heavy atom. The van der Waals surface area contributed by atoms with E-state index in [0.717, 1.165) is 47.5 Å². The van der Waals surface area contributed by atoms with E-state index in [0.29, 0.717) is 48.6 Å². The van der Waals surface area contributed by atoms with Gasteiger partial charge in [0.25, 0.3) is 0 Å². The van der Waals surface area contributed by atoms with E-state index in [-0.39, 0.29) is 17.3 Å². The molecule has 8 atom stereocenters. The molecule has 2 aromatic rings. The monoisotopic (exact) mass is 741 g/mol. The molecule has 8 rings (SSSR count). The highest BCUT2D eigenvalue weighted by molar-refractivity contribution is 5.75. The molecule has 0 saturated carbocycles. The van der Waals surface area contributed by atoms with Crippen molar-refractivity contribution in [2.45, 2.75) is 134 Å². The highest BCUT2D eigenvalue weighted by atomic mass is 16.5. The number of carboxylic acid groups (broad SMARTS) is 1. The number of fused-ring (bicyclic) bond motifs is 2. The molecule has 54 heavy (non-hydrogen) atoms. The number of ether oxygens (including phenoxy) is 3. The third kappa shape index (κ3) is 6.65. The van der Waals surface area contributed by atoms with E-state index in [9.17, 15) is 4.79 Å². The number of aliphatic hydroxyl groups is 1. The number of hydrogen-bond donors (Lipinski definition) is 3. The van der Waals surface area contributed by atoms with Crippen LogP contribution in [0.15, 0.2) is 60.4 Å². The highest BCUT2D eigenvalue weighted by Crippen LogP contribution is 2.68. The van der Waals surface area contributed by atoms with Crippen LogP contribution < -0.4 is 24.0 Å². The lowest BCUT2D eigenvalue weighted by atomic mass is 9.57. The predicted octanol–water partition coefficient (Wildman–Crippen LogP) is 9.57. The van der Waals surface area contributed by atoms with Gasteiger partial charge in [0.1, 0.15) is 29.0 Å². The summed E-state index contributed by atoms with van der Waals surface area (Å²) in [5, 5.41) is 20.9. The highest BCUT2D eigenvalue weighted by Gasteiger charge is 2.73. The first kappa shape index (κ1) is 39.9. The summed E-state index contributed by atoms with van der Waals surface area (Å²) in [6.07, 6.45) is 20.8. The number of quaternary nitrogens is 1. The minimum absolute atomic E-state index is 0.191. The van der Waals surface area contributed by atoms with Gasteiger partial charge in [0, 0.05) is 54.7 Å². The van der Waals surface area contributed by atoms with Gasteiger partial charge >= 0.3 is 5.97 Å². The first-order valence-electron chi connectivity index (χ1n) is 20.5. The Labute approximate surface area is 323 Å². The van der Waals surface area contributed by atoms with Crippen molar-refractivity contribution < 1.29 is 29.2 Å². The van der Waals surface area contributed by atoms with Gasteiger partial charge in [-0.15, -0.1) is 0 Å². The van der Waals surface area contributed by atoms with Crippen LogP contribution in [0.1, 0.15) is 120 Å². The zero-order chi connectivity index (χ0) is 38.8. The maximum Gasteiger partial charge on any atom is 0.303 e. The van der Waals surface area contributed by atoms with Crippen LogP contribution in [-0.2, 0) is 15.6 Å². The van der Waals surface area contributed by atoms with Gasteiger partial charge in [0.15, 0.2) is 11.5 Å². The molecule has 2 aromatic carbocycles. The molecular formula is C46H65N2O6+. The maximum absolute atomic E-state index is 10.0. The van der Waals surface area contributed by atoms with Gasteiger partial charge in [-0.1, -0.05) is 38.1 Å². The molecule has 8 heteroatoms. The van der Waals surface area contributed by atoms with Crippen molar-refractivity contribution in [3.63, 3.8) is 0 Å². The average Bonchev–Trinajstić information content (AvgIpc) is 3.77. The molecule has 0 amide bonds. The minimum Gasteiger partial charge on any atom is -0.513 e. The summed E-state index contributed by atoms with van der Waals surface area (Å²) in [6, 6.07) is 9.89. The predicted molar refractivity (Wildman–Crippen MR) is 218 cm³/mol. The van der Waals surface area contributed by atoms with Crippen molar-refractivity contribution in [2.75, 3.05) is 34.4 Å². The Balaban J connectivity index is 0.000000148. The topological polar surface area (TPSA) is 97.3 Å². The lowest BCUT2D eigenvalue weighted by Gasteiger charge is -2.51. The van der Waals surface area contributed by atoms with Gasteiger partial charge in [-0.3, -0.25) is 9.28 Å². The summed E-state index contributed by atoms with van der Waals surface area (Å²) >= 11 is 0. The molecule has 1 spiro atoms. The van der Waals surface area contributed by atoms with Crippen LogP contribution in [0.2, 0.25) is 0 Å². The van der Waals surface area contributed by atoms with Crippen molar-refractivity contribution >= 4 is 11.7 Å². The molecule has 0 aromatic heterocycles. The SMILES string of the molecule is C/C=C(/O)CCCCC(=O)O.CCC(C)c1c(OC)ccc(C)c1C12CCC=CC1C(C)NCC2.COc1ccc2c3c1O[C@H]1CC=CC4C31CC[N+]24C. The standard InChI is InChI=1S/C22H33NO.C16H18NO2.C8H14O3/c1-6-15(2)20-19(24-5)11-10-16(3)21(20)22-12-8-7-9-18(22)17(4)23-14-13-22;1-17-9-8-16-12(17)4-3-5-13(16)19-15-11(18-2)7-6-10(17)14(15)16;1-2-7(9)5-3-4-6-8(10)11/h7,9-11,15,17-18,23H,6,8,12-14H2,1-5H3;3-4,6-7,12-13H,5,8-9H2,1-2H3;2,9H,3-6H2,1H3,(H,10,11)/q;+1;/b;;7-2+/t;12?,13-,16?,17?;/m.0./s1. The number of allylic oxidation sites excluding steroid dienone is 3. The fraction of sp³-hybridized carbons (Fsp3) is 0.587.